The molecular weight excluding hydrogens is 234 g/mol. The first-order valence-electron chi connectivity index (χ1n) is 6.41. The molecule has 1 aliphatic heterocycles. The summed E-state index contributed by atoms with van der Waals surface area (Å²) >= 11 is 0. The number of aliphatic carboxylic acids is 1. The zero-order valence-corrected chi connectivity index (χ0v) is 11.2. The normalized spacial score (nSPS) is 19.9. The zero-order valence-electron chi connectivity index (χ0n) is 11.2. The molecule has 6 nitrogen and oxygen atoms in total. The lowest BCUT2D eigenvalue weighted by Crippen LogP contribution is -2.50. The van der Waals surface area contributed by atoms with Gasteiger partial charge in [-0.05, 0) is 33.4 Å². The highest BCUT2D eigenvalue weighted by molar-refractivity contribution is 5.76. The predicted octanol–water partition coefficient (Wildman–Crippen LogP) is 0.587. The molecule has 1 aliphatic rings. The Hall–Kier alpha value is -1.30. The van der Waals surface area contributed by atoms with Crippen molar-refractivity contribution < 1.29 is 14.7 Å². The maximum Gasteiger partial charge on any atom is 0.317 e. The molecule has 18 heavy (non-hydrogen) atoms. The van der Waals surface area contributed by atoms with E-state index in [-0.39, 0.29) is 18.5 Å². The van der Waals surface area contributed by atoms with E-state index in [1.165, 1.54) is 0 Å². The minimum atomic E-state index is -0.840. The third-order valence-corrected chi connectivity index (χ3v) is 3.13. The summed E-state index contributed by atoms with van der Waals surface area (Å²) in [5.41, 5.74) is 0. The van der Waals surface area contributed by atoms with Crippen LogP contribution in [-0.2, 0) is 4.79 Å². The lowest BCUT2D eigenvalue weighted by molar-refractivity contribution is -0.138. The molecule has 1 atom stereocenters. The number of carboxylic acids is 1. The van der Waals surface area contributed by atoms with Crippen molar-refractivity contribution in [3.05, 3.63) is 0 Å². The van der Waals surface area contributed by atoms with Crippen LogP contribution >= 0.6 is 0 Å². The van der Waals surface area contributed by atoms with E-state index >= 15 is 0 Å². The molecule has 1 saturated heterocycles. The van der Waals surface area contributed by atoms with Gasteiger partial charge in [-0.1, -0.05) is 0 Å². The smallest absolute Gasteiger partial charge is 0.317 e. The summed E-state index contributed by atoms with van der Waals surface area (Å²) in [6.07, 6.45) is 2.78. The van der Waals surface area contributed by atoms with E-state index in [1.54, 1.807) is 4.90 Å². The highest BCUT2D eigenvalue weighted by atomic mass is 16.4. The van der Waals surface area contributed by atoms with Crippen LogP contribution in [0.5, 0.6) is 0 Å². The van der Waals surface area contributed by atoms with Gasteiger partial charge >= 0.3 is 12.0 Å². The molecule has 1 fully saturated rings. The van der Waals surface area contributed by atoms with E-state index in [1.807, 2.05) is 19.0 Å². The molecule has 0 aliphatic carbocycles. The number of carbonyl (C=O) groups is 2. The molecule has 1 rings (SSSR count). The maximum absolute atomic E-state index is 12.0. The molecule has 1 unspecified atom stereocenters. The van der Waals surface area contributed by atoms with Gasteiger partial charge in [0.1, 0.15) is 0 Å². The number of rotatable bonds is 5. The largest absolute Gasteiger partial charge is 0.481 e. The van der Waals surface area contributed by atoms with Crippen LogP contribution in [0.15, 0.2) is 0 Å². The number of urea groups is 1. The number of likely N-dealkylation sites (tertiary alicyclic amines) is 1. The van der Waals surface area contributed by atoms with Crippen molar-refractivity contribution in [1.82, 2.24) is 15.1 Å². The Bertz CT molecular complexity index is 294. The first-order chi connectivity index (χ1) is 8.50. The summed E-state index contributed by atoms with van der Waals surface area (Å²) in [7, 11) is 3.89. The second-order valence-corrected chi connectivity index (χ2v) is 4.98. The van der Waals surface area contributed by atoms with Gasteiger partial charge in [0.25, 0.3) is 0 Å². The molecule has 0 aromatic carbocycles. The third-order valence-electron chi connectivity index (χ3n) is 3.13. The second kappa shape index (κ2) is 7.20. The van der Waals surface area contributed by atoms with Crippen molar-refractivity contribution in [2.75, 3.05) is 33.7 Å². The van der Waals surface area contributed by atoms with Crippen LogP contribution < -0.4 is 5.32 Å². The molecule has 1 heterocycles. The van der Waals surface area contributed by atoms with Gasteiger partial charge in [0.05, 0.1) is 6.42 Å². The van der Waals surface area contributed by atoms with Gasteiger partial charge in [-0.25, -0.2) is 4.79 Å². The standard InChI is InChI=1S/C12H23N3O3/c1-14(2)8-6-13-12(18)15-7-4-3-5-10(15)9-11(16)17/h10H,3-9H2,1-2H3,(H,13,18)(H,16,17). The topological polar surface area (TPSA) is 72.9 Å². The van der Waals surface area contributed by atoms with E-state index in [9.17, 15) is 9.59 Å². The molecule has 2 N–H and O–H groups in total. The summed E-state index contributed by atoms with van der Waals surface area (Å²) in [6, 6.07) is -0.293. The quantitative estimate of drug-likeness (QED) is 0.756. The molecule has 2 amide bonds. The van der Waals surface area contributed by atoms with E-state index < -0.39 is 5.97 Å². The maximum atomic E-state index is 12.0. The summed E-state index contributed by atoms with van der Waals surface area (Å²) < 4.78 is 0. The molecule has 0 radical (unpaired) electrons. The fourth-order valence-electron chi connectivity index (χ4n) is 2.17. The van der Waals surface area contributed by atoms with Gasteiger partial charge in [-0.2, -0.15) is 0 Å². The third kappa shape index (κ3) is 4.91. The van der Waals surface area contributed by atoms with Crippen molar-refractivity contribution in [1.29, 1.82) is 0 Å². The molecule has 104 valence electrons. The fraction of sp³-hybridized carbons (Fsp3) is 0.833. The van der Waals surface area contributed by atoms with Crippen LogP contribution in [0.3, 0.4) is 0 Å². The predicted molar refractivity (Wildman–Crippen MR) is 68.6 cm³/mol. The SMILES string of the molecule is CN(C)CCNC(=O)N1CCCCC1CC(=O)O. The molecule has 0 aromatic rings. The van der Waals surface area contributed by atoms with Gasteiger partial charge in [0.15, 0.2) is 0 Å². The Morgan fingerprint density at radius 1 is 1.39 bits per heavy atom. The summed E-state index contributed by atoms with van der Waals surface area (Å²) in [6.45, 7) is 2.02. The molecule has 6 heteroatoms. The van der Waals surface area contributed by atoms with E-state index in [0.717, 1.165) is 25.8 Å². The van der Waals surface area contributed by atoms with Crippen molar-refractivity contribution in [2.24, 2.45) is 0 Å². The number of hydrogen-bond donors (Lipinski definition) is 2. The molecule has 0 aromatic heterocycles. The summed E-state index contributed by atoms with van der Waals surface area (Å²) in [5, 5.41) is 11.7. The summed E-state index contributed by atoms with van der Waals surface area (Å²) in [5.74, 6) is -0.840. The van der Waals surface area contributed by atoms with Crippen molar-refractivity contribution >= 4 is 12.0 Å². The monoisotopic (exact) mass is 257 g/mol. The minimum absolute atomic E-state index is 0.0428. The van der Waals surface area contributed by atoms with Gasteiger partial charge in [0.2, 0.25) is 0 Å². The number of nitrogens with one attached hydrogen (secondary N) is 1. The lowest BCUT2D eigenvalue weighted by atomic mass is 10.00. The average molecular weight is 257 g/mol. The van der Waals surface area contributed by atoms with Gasteiger partial charge in [-0.15, -0.1) is 0 Å². The molecule has 0 saturated carbocycles. The van der Waals surface area contributed by atoms with Crippen LogP contribution in [0.2, 0.25) is 0 Å². The zero-order chi connectivity index (χ0) is 13.5. The lowest BCUT2D eigenvalue weighted by Gasteiger charge is -2.35. The van der Waals surface area contributed by atoms with Crippen molar-refractivity contribution in [3.63, 3.8) is 0 Å². The first kappa shape index (κ1) is 14.8. The van der Waals surface area contributed by atoms with Gasteiger partial charge < -0.3 is 20.2 Å². The molecular formula is C12H23N3O3. The number of likely N-dealkylation sites (N-methyl/N-ethyl adjacent to an activating group) is 1. The molecule has 0 bridgehead atoms. The van der Waals surface area contributed by atoms with Gasteiger partial charge in [0, 0.05) is 25.7 Å². The Labute approximate surface area is 108 Å². The van der Waals surface area contributed by atoms with Crippen molar-refractivity contribution in [2.45, 2.75) is 31.7 Å². The molecule has 0 spiro atoms. The summed E-state index contributed by atoms with van der Waals surface area (Å²) in [4.78, 5) is 26.4. The Morgan fingerprint density at radius 2 is 2.11 bits per heavy atom. The highest BCUT2D eigenvalue weighted by Gasteiger charge is 2.28. The van der Waals surface area contributed by atoms with Crippen LogP contribution in [0.1, 0.15) is 25.7 Å². The van der Waals surface area contributed by atoms with Crippen LogP contribution in [-0.4, -0.2) is 66.7 Å². The Kier molecular flexibility index (Phi) is 5.91. The van der Waals surface area contributed by atoms with Crippen LogP contribution in [0, 0.1) is 0 Å². The van der Waals surface area contributed by atoms with E-state index in [4.69, 9.17) is 5.11 Å². The van der Waals surface area contributed by atoms with Crippen LogP contribution in [0.25, 0.3) is 0 Å². The Morgan fingerprint density at radius 3 is 2.72 bits per heavy atom. The number of hydrogen-bond acceptors (Lipinski definition) is 3. The van der Waals surface area contributed by atoms with E-state index in [0.29, 0.717) is 13.1 Å². The van der Waals surface area contributed by atoms with E-state index in [2.05, 4.69) is 5.32 Å². The highest BCUT2D eigenvalue weighted by Crippen LogP contribution is 2.19. The number of piperidine rings is 1. The van der Waals surface area contributed by atoms with Gasteiger partial charge in [-0.3, -0.25) is 4.79 Å². The first-order valence-corrected chi connectivity index (χ1v) is 6.41. The van der Waals surface area contributed by atoms with Crippen molar-refractivity contribution in [3.8, 4) is 0 Å². The fourth-order valence-corrected chi connectivity index (χ4v) is 2.17. The number of nitrogens with zero attached hydrogens (tertiary/aromatic N) is 2. The Balaban J connectivity index is 2.44. The minimum Gasteiger partial charge on any atom is -0.481 e. The van der Waals surface area contributed by atoms with Crippen LogP contribution in [0.4, 0.5) is 4.79 Å². The number of carboxylic acid groups (broad SMARTS) is 1. The number of carbonyl (C=O) groups excluding carboxylic acids is 1. The number of amides is 2. The second-order valence-electron chi connectivity index (χ2n) is 4.98. The average Bonchev–Trinajstić information content (AvgIpc) is 2.28.